The summed E-state index contributed by atoms with van der Waals surface area (Å²) in [5.41, 5.74) is 10.1. The van der Waals surface area contributed by atoms with Crippen LogP contribution in [0.15, 0.2) is 110 Å². The molecule has 414 valence electrons. The molecule has 3 amide bonds. The number of unbranched alkanes of at least 4 members (excludes halogenated alkanes) is 6. The fourth-order valence-electron chi connectivity index (χ4n) is 9.04. The molecular weight excluding hydrogens is 979 g/mol. The van der Waals surface area contributed by atoms with Gasteiger partial charge in [0.15, 0.2) is 0 Å². The number of carbonyl (C=O) groups excluding carboxylic acids is 3. The standard InChI is InChI=1S/C60H81N15O3/c1-4-7-10-31-61-34-13-16-58(76)64-52-25-19-49(20-26-52)55-43-73(70-67-55)40-46-37-47(41-74-44-56(68-71-74)50-21-27-53(28-22-50)65-59(77)17-14-35-62-32-11-8-5-2)39-48(38-46)42-75-45-57(69-72-75)51-23-29-54(30-24-51)66-60(78)18-15-36-63-33-12-9-6-3/h19-30,37-39,43-45,61-63H,4-18,31-36,40-42H2,1-3H3,(H,64,76)(H,65,77)(H,66,78). The van der Waals surface area contributed by atoms with Gasteiger partial charge in [-0.2, -0.15) is 0 Å². The largest absolute Gasteiger partial charge is 0.326 e. The van der Waals surface area contributed by atoms with Crippen LogP contribution in [0.5, 0.6) is 0 Å². The minimum atomic E-state index is -0.000279. The predicted octanol–water partition coefficient (Wildman–Crippen LogP) is 10.1. The highest BCUT2D eigenvalue weighted by Crippen LogP contribution is 2.24. The first kappa shape index (κ1) is 58.3. The first-order valence-corrected chi connectivity index (χ1v) is 28.4. The van der Waals surface area contributed by atoms with E-state index < -0.39 is 0 Å². The molecule has 0 saturated carbocycles. The average Bonchev–Trinajstić information content (AvgIpc) is 4.26. The highest BCUT2D eigenvalue weighted by atomic mass is 16.2. The van der Waals surface area contributed by atoms with Crippen molar-refractivity contribution in [1.29, 1.82) is 0 Å². The van der Waals surface area contributed by atoms with Gasteiger partial charge in [-0.25, -0.2) is 14.0 Å². The molecule has 78 heavy (non-hydrogen) atoms. The van der Waals surface area contributed by atoms with Gasteiger partial charge in [0.25, 0.3) is 0 Å². The second-order valence-electron chi connectivity index (χ2n) is 20.1. The van der Waals surface area contributed by atoms with Crippen molar-refractivity contribution >= 4 is 34.8 Å². The first-order chi connectivity index (χ1) is 38.2. The highest BCUT2D eigenvalue weighted by molar-refractivity contribution is 5.92. The van der Waals surface area contributed by atoms with Gasteiger partial charge in [0.2, 0.25) is 17.7 Å². The number of nitrogens with one attached hydrogen (secondary N) is 6. The summed E-state index contributed by atoms with van der Waals surface area (Å²) in [5.74, 6) is -0.000838. The zero-order valence-corrected chi connectivity index (χ0v) is 46.1. The third kappa shape index (κ3) is 20.2. The molecule has 0 saturated heterocycles. The van der Waals surface area contributed by atoms with Gasteiger partial charge in [-0.3, -0.25) is 14.4 Å². The highest BCUT2D eigenvalue weighted by Gasteiger charge is 2.13. The Morgan fingerprint density at radius 1 is 0.372 bits per heavy atom. The quantitative estimate of drug-likeness (QED) is 0.0203. The van der Waals surface area contributed by atoms with E-state index in [-0.39, 0.29) is 17.7 Å². The van der Waals surface area contributed by atoms with E-state index in [0.717, 1.165) is 145 Å². The van der Waals surface area contributed by atoms with Crippen molar-refractivity contribution in [3.8, 4) is 33.8 Å². The van der Waals surface area contributed by atoms with E-state index in [1.54, 1.807) is 0 Å². The summed E-state index contributed by atoms with van der Waals surface area (Å²) in [5, 5.41) is 46.4. The maximum Gasteiger partial charge on any atom is 0.224 e. The van der Waals surface area contributed by atoms with Gasteiger partial charge in [0.05, 0.1) is 38.2 Å². The smallest absolute Gasteiger partial charge is 0.224 e. The van der Waals surface area contributed by atoms with Crippen molar-refractivity contribution in [2.75, 3.05) is 55.2 Å². The molecule has 0 fully saturated rings. The van der Waals surface area contributed by atoms with Crippen LogP contribution in [0.4, 0.5) is 17.1 Å². The van der Waals surface area contributed by atoms with Crippen LogP contribution in [0, 0.1) is 0 Å². The lowest BCUT2D eigenvalue weighted by Gasteiger charge is -2.10. The molecule has 7 aromatic rings. The minimum absolute atomic E-state index is 0.000279. The summed E-state index contributed by atoms with van der Waals surface area (Å²) in [6.45, 7) is 13.4. The average molecular weight is 1060 g/mol. The van der Waals surface area contributed by atoms with Crippen LogP contribution >= 0.6 is 0 Å². The molecule has 18 nitrogen and oxygen atoms in total. The Bertz CT molecular complexity index is 2550. The molecule has 0 aliphatic heterocycles. The van der Waals surface area contributed by atoms with Crippen LogP contribution in [-0.4, -0.2) is 102 Å². The minimum Gasteiger partial charge on any atom is -0.326 e. The third-order valence-corrected chi connectivity index (χ3v) is 13.3. The van der Waals surface area contributed by atoms with E-state index in [1.165, 1.54) is 38.5 Å². The molecule has 18 heteroatoms. The van der Waals surface area contributed by atoms with Crippen molar-refractivity contribution in [3.05, 3.63) is 126 Å². The van der Waals surface area contributed by atoms with Crippen LogP contribution in [0.2, 0.25) is 0 Å². The van der Waals surface area contributed by atoms with Crippen LogP contribution in [-0.2, 0) is 34.0 Å². The molecule has 3 aromatic heterocycles. The molecular formula is C60H81N15O3. The molecule has 4 aromatic carbocycles. The Labute approximate surface area is 460 Å². The van der Waals surface area contributed by atoms with Gasteiger partial charge in [-0.05, 0) is 131 Å². The molecule has 0 aliphatic rings. The third-order valence-electron chi connectivity index (χ3n) is 13.3. The predicted molar refractivity (Wildman–Crippen MR) is 311 cm³/mol. The second-order valence-corrected chi connectivity index (χ2v) is 20.1. The van der Waals surface area contributed by atoms with E-state index in [2.05, 4.69) is 102 Å². The fraction of sp³-hybridized carbons (Fsp3) is 0.450. The van der Waals surface area contributed by atoms with Gasteiger partial charge in [-0.1, -0.05) is 130 Å². The van der Waals surface area contributed by atoms with E-state index in [1.807, 2.05) is 105 Å². The number of amides is 3. The number of benzene rings is 4. The number of hydrogen-bond acceptors (Lipinski definition) is 12. The zero-order chi connectivity index (χ0) is 54.6. The maximum absolute atomic E-state index is 12.6. The SMILES string of the molecule is CCCCCNCCCC(=O)Nc1ccc(-c2cn(Cc3cc(Cn4cc(-c5ccc(NC(=O)CCCNCCCCC)cc5)nn4)cc(Cn4cc(-c5ccc(NC(=O)CCCNCCCCC)cc5)nn4)c3)nn2)cc1. The summed E-state index contributed by atoms with van der Waals surface area (Å²) < 4.78 is 5.47. The van der Waals surface area contributed by atoms with Crippen LogP contribution < -0.4 is 31.9 Å². The summed E-state index contributed by atoms with van der Waals surface area (Å²) in [6, 6.07) is 29.5. The Morgan fingerprint density at radius 2 is 0.641 bits per heavy atom. The number of nitrogens with zero attached hydrogens (tertiary/aromatic N) is 9. The Kier molecular flexibility index (Phi) is 24.2. The topological polar surface area (TPSA) is 216 Å². The van der Waals surface area contributed by atoms with Crippen molar-refractivity contribution < 1.29 is 14.4 Å². The van der Waals surface area contributed by atoms with Crippen molar-refractivity contribution in [3.63, 3.8) is 0 Å². The molecule has 0 bridgehead atoms. The van der Waals surface area contributed by atoms with Crippen molar-refractivity contribution in [2.45, 2.75) is 137 Å². The lowest BCUT2D eigenvalue weighted by Crippen LogP contribution is -2.19. The number of rotatable bonds is 36. The van der Waals surface area contributed by atoms with Crippen LogP contribution in [0.3, 0.4) is 0 Å². The monoisotopic (exact) mass is 1060 g/mol. The van der Waals surface area contributed by atoms with E-state index >= 15 is 0 Å². The van der Waals surface area contributed by atoms with Crippen molar-refractivity contribution in [1.82, 2.24) is 60.9 Å². The Hall–Kier alpha value is -7.41. The fourth-order valence-corrected chi connectivity index (χ4v) is 9.04. The Morgan fingerprint density at radius 3 is 0.910 bits per heavy atom. The normalized spacial score (nSPS) is 11.3. The maximum atomic E-state index is 12.6. The second kappa shape index (κ2) is 32.4. The van der Waals surface area contributed by atoms with E-state index in [0.29, 0.717) is 38.9 Å². The first-order valence-electron chi connectivity index (χ1n) is 28.4. The number of aromatic nitrogens is 9. The molecule has 0 radical (unpaired) electrons. The van der Waals surface area contributed by atoms with Crippen LogP contribution in [0.1, 0.15) is 134 Å². The van der Waals surface area contributed by atoms with Gasteiger partial charge >= 0.3 is 0 Å². The lowest BCUT2D eigenvalue weighted by atomic mass is 10.0. The molecule has 6 N–H and O–H groups in total. The molecule has 7 rings (SSSR count). The number of hydrogen-bond donors (Lipinski definition) is 6. The van der Waals surface area contributed by atoms with Gasteiger partial charge < -0.3 is 31.9 Å². The molecule has 3 heterocycles. The van der Waals surface area contributed by atoms with Gasteiger partial charge in [0, 0.05) is 53.0 Å². The molecule has 0 unspecified atom stereocenters. The molecule has 0 aliphatic carbocycles. The number of anilines is 3. The van der Waals surface area contributed by atoms with Crippen molar-refractivity contribution in [2.24, 2.45) is 0 Å². The Balaban J connectivity index is 0.987. The zero-order valence-electron chi connectivity index (χ0n) is 46.1. The van der Waals surface area contributed by atoms with Crippen LogP contribution in [0.25, 0.3) is 33.8 Å². The number of carbonyl (C=O) groups is 3. The summed E-state index contributed by atoms with van der Waals surface area (Å²) in [4.78, 5) is 37.9. The summed E-state index contributed by atoms with van der Waals surface area (Å²) in [6.07, 6.45) is 20.3. The van der Waals surface area contributed by atoms with Gasteiger partial charge in [0.1, 0.15) is 17.1 Å². The van der Waals surface area contributed by atoms with E-state index in [9.17, 15) is 14.4 Å². The van der Waals surface area contributed by atoms with E-state index in [4.69, 9.17) is 0 Å². The lowest BCUT2D eigenvalue weighted by molar-refractivity contribution is -0.117. The molecule has 0 spiro atoms. The molecule has 0 atom stereocenters. The summed E-state index contributed by atoms with van der Waals surface area (Å²) >= 11 is 0. The van der Waals surface area contributed by atoms with Gasteiger partial charge in [-0.15, -0.1) is 15.3 Å². The summed E-state index contributed by atoms with van der Waals surface area (Å²) in [7, 11) is 0.